The van der Waals surface area contributed by atoms with E-state index in [1.165, 1.54) is 17.0 Å². The number of benzene rings is 2. The number of rotatable bonds is 5. The van der Waals surface area contributed by atoms with Crippen LogP contribution in [0.25, 0.3) is 0 Å². The van der Waals surface area contributed by atoms with Gasteiger partial charge in [-0.1, -0.05) is 30.3 Å². The van der Waals surface area contributed by atoms with Gasteiger partial charge in [0.1, 0.15) is 12.4 Å². The third-order valence-electron chi connectivity index (χ3n) is 7.92. The topological polar surface area (TPSA) is 105 Å². The Morgan fingerprint density at radius 1 is 1.00 bits per heavy atom. The van der Waals surface area contributed by atoms with Crippen LogP contribution in [-0.2, 0) is 30.6 Å². The first-order valence-corrected chi connectivity index (χ1v) is 13.4. The van der Waals surface area contributed by atoms with E-state index in [9.17, 15) is 35.9 Å². The number of hydrazine groups is 1. The van der Waals surface area contributed by atoms with Gasteiger partial charge in [-0.2, -0.15) is 26.3 Å². The van der Waals surface area contributed by atoms with Crippen molar-refractivity contribution in [2.24, 2.45) is 5.92 Å². The van der Waals surface area contributed by atoms with Crippen molar-refractivity contribution >= 4 is 11.8 Å². The quantitative estimate of drug-likeness (QED) is 0.429. The first-order chi connectivity index (χ1) is 20.4. The standard InChI is InChI=1S/C27H25F6N7O3/c28-26(29,30)22-19(11-34-36-23(22)41)40-12-16-4-1-2-7-18(16)20(40)14-43-17-6-3-5-15(10-17)24(42)38-8-9-39-21(13-38)35-37-25(39)27(31,32)33/h1-7,10,19-20,22,34H,8-9,11-14H2,(H,36,41)/t19?,20-,22?/m1/s1. The van der Waals surface area contributed by atoms with Gasteiger partial charge < -0.3 is 14.2 Å². The maximum Gasteiger partial charge on any atom is 0.451 e. The first-order valence-electron chi connectivity index (χ1n) is 13.4. The lowest BCUT2D eigenvalue weighted by Crippen LogP contribution is -2.64. The summed E-state index contributed by atoms with van der Waals surface area (Å²) in [6.45, 7) is -0.282. The van der Waals surface area contributed by atoms with Gasteiger partial charge in [0.15, 0.2) is 11.7 Å². The molecular formula is C27H25F6N7O3. The van der Waals surface area contributed by atoms with E-state index in [1.807, 2.05) is 12.1 Å². The van der Waals surface area contributed by atoms with Gasteiger partial charge in [-0.3, -0.25) is 19.9 Å². The monoisotopic (exact) mass is 609 g/mol. The summed E-state index contributed by atoms with van der Waals surface area (Å²) in [4.78, 5) is 28.5. The van der Waals surface area contributed by atoms with Crippen molar-refractivity contribution in [1.29, 1.82) is 0 Å². The summed E-state index contributed by atoms with van der Waals surface area (Å²) in [5.74, 6) is -4.67. The minimum atomic E-state index is -4.76. The van der Waals surface area contributed by atoms with Crippen molar-refractivity contribution in [2.45, 2.75) is 44.1 Å². The van der Waals surface area contributed by atoms with Crippen molar-refractivity contribution in [3.05, 3.63) is 76.9 Å². The lowest BCUT2D eigenvalue weighted by Gasteiger charge is -2.40. The van der Waals surface area contributed by atoms with Crippen molar-refractivity contribution in [3.8, 4) is 5.75 Å². The van der Waals surface area contributed by atoms with Crippen LogP contribution in [0.3, 0.4) is 0 Å². The van der Waals surface area contributed by atoms with Crippen LogP contribution in [-0.4, -0.2) is 68.3 Å². The maximum absolute atomic E-state index is 14.0. The van der Waals surface area contributed by atoms with Crippen LogP contribution in [0.1, 0.15) is 39.2 Å². The van der Waals surface area contributed by atoms with E-state index >= 15 is 0 Å². The Hall–Kier alpha value is -4.18. The number of fused-ring (bicyclic) bond motifs is 2. The predicted molar refractivity (Wildman–Crippen MR) is 136 cm³/mol. The van der Waals surface area contributed by atoms with Crippen molar-refractivity contribution in [1.82, 2.24) is 35.4 Å². The fourth-order valence-electron chi connectivity index (χ4n) is 5.93. The van der Waals surface area contributed by atoms with Crippen LogP contribution >= 0.6 is 0 Å². The zero-order valence-electron chi connectivity index (χ0n) is 22.3. The van der Waals surface area contributed by atoms with Gasteiger partial charge in [0.2, 0.25) is 11.7 Å². The molecule has 0 saturated carbocycles. The molecule has 0 spiro atoms. The van der Waals surface area contributed by atoms with Gasteiger partial charge in [-0.25, -0.2) is 5.43 Å². The summed E-state index contributed by atoms with van der Waals surface area (Å²) in [5.41, 5.74) is 6.45. The van der Waals surface area contributed by atoms with Crippen molar-refractivity contribution < 1.29 is 40.7 Å². The Kier molecular flexibility index (Phi) is 7.28. The van der Waals surface area contributed by atoms with E-state index in [1.54, 1.807) is 29.2 Å². The van der Waals surface area contributed by atoms with Crippen molar-refractivity contribution in [3.63, 3.8) is 0 Å². The van der Waals surface area contributed by atoms with Gasteiger partial charge >= 0.3 is 12.4 Å². The molecule has 2 N–H and O–H groups in total. The highest BCUT2D eigenvalue weighted by atomic mass is 19.4. The second-order valence-electron chi connectivity index (χ2n) is 10.5. The van der Waals surface area contributed by atoms with Gasteiger partial charge in [0.05, 0.1) is 12.6 Å². The minimum absolute atomic E-state index is 0.00916. The molecule has 2 aromatic carbocycles. The Balaban J connectivity index is 1.19. The molecular weight excluding hydrogens is 584 g/mol. The summed E-state index contributed by atoms with van der Waals surface area (Å²) in [6, 6.07) is 11.6. The van der Waals surface area contributed by atoms with Crippen LogP contribution < -0.4 is 15.6 Å². The summed E-state index contributed by atoms with van der Waals surface area (Å²) in [7, 11) is 0. The number of halogens is 6. The number of nitrogens with one attached hydrogen (secondary N) is 2. The maximum atomic E-state index is 14.0. The van der Waals surface area contributed by atoms with E-state index in [-0.39, 0.29) is 56.5 Å². The number of aromatic nitrogens is 3. The highest BCUT2D eigenvalue weighted by Gasteiger charge is 2.55. The largest absolute Gasteiger partial charge is 0.492 e. The Labute approximate surface area is 240 Å². The van der Waals surface area contributed by atoms with Gasteiger partial charge in [0, 0.05) is 37.8 Å². The Morgan fingerprint density at radius 2 is 1.79 bits per heavy atom. The molecule has 2 unspecified atom stereocenters. The first kappa shape index (κ1) is 28.9. The molecule has 16 heteroatoms. The average molecular weight is 610 g/mol. The van der Waals surface area contributed by atoms with Gasteiger partial charge in [0.25, 0.3) is 5.91 Å². The second kappa shape index (κ2) is 10.8. The van der Waals surface area contributed by atoms with E-state index in [0.717, 1.165) is 15.7 Å². The zero-order valence-corrected chi connectivity index (χ0v) is 22.3. The lowest BCUT2D eigenvalue weighted by molar-refractivity contribution is -0.202. The zero-order chi connectivity index (χ0) is 30.5. The predicted octanol–water partition coefficient (Wildman–Crippen LogP) is 3.07. The normalized spacial score (nSPS) is 22.6. The summed E-state index contributed by atoms with van der Waals surface area (Å²) in [6.07, 6.45) is -9.42. The van der Waals surface area contributed by atoms with E-state index < -0.39 is 48.0 Å². The highest BCUT2D eigenvalue weighted by Crippen LogP contribution is 2.41. The SMILES string of the molecule is O=C1NNCC(N2Cc3ccccc3[C@H]2COc2cccc(C(=O)N3CCn4c(nnc4C(F)(F)F)C3)c2)C1C(F)(F)F. The molecule has 3 atom stereocenters. The molecule has 228 valence electrons. The van der Waals surface area contributed by atoms with Crippen molar-refractivity contribution in [2.75, 3.05) is 19.7 Å². The summed E-state index contributed by atoms with van der Waals surface area (Å²) in [5, 5.41) is 6.83. The number of nitrogens with zero attached hydrogens (tertiary/aromatic N) is 5. The fraction of sp³-hybridized carbons (Fsp3) is 0.407. The molecule has 43 heavy (non-hydrogen) atoms. The smallest absolute Gasteiger partial charge is 0.451 e. The third kappa shape index (κ3) is 5.51. The molecule has 3 aromatic rings. The second-order valence-corrected chi connectivity index (χ2v) is 10.5. The Morgan fingerprint density at radius 3 is 2.56 bits per heavy atom. The number of alkyl halides is 6. The molecule has 6 rings (SSSR count). The van der Waals surface area contributed by atoms with E-state index in [0.29, 0.717) is 0 Å². The third-order valence-corrected chi connectivity index (χ3v) is 7.92. The van der Waals surface area contributed by atoms with Crippen LogP contribution in [0.4, 0.5) is 26.3 Å². The number of carbonyl (C=O) groups excluding carboxylic acids is 2. The molecule has 3 aliphatic heterocycles. The Bertz CT molecular complexity index is 1540. The fourth-order valence-corrected chi connectivity index (χ4v) is 5.93. The number of hydrogen-bond acceptors (Lipinski definition) is 7. The van der Waals surface area contributed by atoms with Crippen LogP contribution in [0.5, 0.6) is 5.75 Å². The molecule has 4 heterocycles. The van der Waals surface area contributed by atoms with Crippen LogP contribution in [0, 0.1) is 5.92 Å². The molecule has 3 aliphatic rings. The summed E-state index contributed by atoms with van der Waals surface area (Å²) < 4.78 is 88.4. The highest BCUT2D eigenvalue weighted by molar-refractivity contribution is 5.94. The van der Waals surface area contributed by atoms with E-state index in [2.05, 4.69) is 21.0 Å². The number of amides is 2. The summed E-state index contributed by atoms with van der Waals surface area (Å²) >= 11 is 0. The number of carbonyl (C=O) groups is 2. The molecule has 10 nitrogen and oxygen atoms in total. The van der Waals surface area contributed by atoms with Gasteiger partial charge in [-0.15, -0.1) is 10.2 Å². The molecule has 2 amide bonds. The minimum Gasteiger partial charge on any atom is -0.492 e. The molecule has 0 bridgehead atoms. The molecule has 0 aliphatic carbocycles. The average Bonchev–Trinajstić information content (AvgIpc) is 3.56. The van der Waals surface area contributed by atoms with Gasteiger partial charge in [-0.05, 0) is 29.3 Å². The number of ether oxygens (including phenoxy) is 1. The van der Waals surface area contributed by atoms with Crippen LogP contribution in [0.15, 0.2) is 48.5 Å². The van der Waals surface area contributed by atoms with E-state index in [4.69, 9.17) is 4.74 Å². The number of hydrogen-bond donors (Lipinski definition) is 2. The molecule has 1 fully saturated rings. The molecule has 1 aromatic heterocycles. The lowest BCUT2D eigenvalue weighted by atomic mass is 9.94. The molecule has 1 saturated heterocycles. The molecule has 0 radical (unpaired) electrons. The van der Waals surface area contributed by atoms with Crippen LogP contribution in [0.2, 0.25) is 0 Å².